The van der Waals surface area contributed by atoms with Crippen molar-refractivity contribution in [1.82, 2.24) is 16.0 Å². The van der Waals surface area contributed by atoms with Crippen molar-refractivity contribution in [1.29, 1.82) is 0 Å². The fourth-order valence-corrected chi connectivity index (χ4v) is 3.03. The number of nitrogens with one attached hydrogen (secondary N) is 3. The van der Waals surface area contributed by atoms with Gasteiger partial charge in [0.2, 0.25) is 23.6 Å². The van der Waals surface area contributed by atoms with E-state index in [1.807, 2.05) is 5.32 Å². The van der Waals surface area contributed by atoms with Gasteiger partial charge in [-0.2, -0.15) is 11.8 Å². The molecule has 0 aromatic heterocycles. The zero-order valence-corrected chi connectivity index (χ0v) is 18.9. The van der Waals surface area contributed by atoms with Crippen molar-refractivity contribution in [3.63, 3.8) is 0 Å². The number of nitrogens with two attached hydrogens (primary N) is 3. The average Bonchev–Trinajstić information content (AvgIpc) is 2.73. The highest BCUT2D eigenvalue weighted by Crippen LogP contribution is 2.05. The molecule has 0 aliphatic rings. The normalized spacial score (nSPS) is 14.5. The lowest BCUT2D eigenvalue weighted by Crippen LogP contribution is -2.58. The van der Waals surface area contributed by atoms with Crippen LogP contribution in [-0.2, 0) is 24.0 Å². The van der Waals surface area contributed by atoms with Crippen LogP contribution in [0.25, 0.3) is 0 Å². The first-order valence-electron chi connectivity index (χ1n) is 10.0. The lowest BCUT2D eigenvalue weighted by atomic mass is 10.1. The molecular weight excluding hydrogens is 444 g/mol. The van der Waals surface area contributed by atoms with E-state index < -0.39 is 66.8 Å². The lowest BCUT2D eigenvalue weighted by Gasteiger charge is -2.24. The number of rotatable bonds is 17. The van der Waals surface area contributed by atoms with Gasteiger partial charge in [0.15, 0.2) is 0 Å². The van der Waals surface area contributed by atoms with Crippen molar-refractivity contribution >= 4 is 41.4 Å². The number of thioether (sulfide) groups is 1. The van der Waals surface area contributed by atoms with Crippen molar-refractivity contribution in [2.45, 2.75) is 56.3 Å². The van der Waals surface area contributed by atoms with E-state index in [-0.39, 0.29) is 6.42 Å². The number of carboxylic acid groups (broad SMARTS) is 1. The molecule has 4 unspecified atom stereocenters. The van der Waals surface area contributed by atoms with Crippen LogP contribution in [0.15, 0.2) is 0 Å². The molecule has 0 bridgehead atoms. The van der Waals surface area contributed by atoms with Crippen LogP contribution in [0.5, 0.6) is 0 Å². The van der Waals surface area contributed by atoms with Crippen LogP contribution in [0.4, 0.5) is 0 Å². The first-order chi connectivity index (χ1) is 15.1. The second-order valence-electron chi connectivity index (χ2n) is 7.05. The summed E-state index contributed by atoms with van der Waals surface area (Å²) in [6.45, 7) is -0.428. The second-order valence-corrected chi connectivity index (χ2v) is 8.03. The smallest absolute Gasteiger partial charge is 0.328 e. The number of aliphatic hydroxyl groups is 1. The molecule has 4 atom stereocenters. The van der Waals surface area contributed by atoms with E-state index in [1.54, 1.807) is 6.26 Å². The van der Waals surface area contributed by atoms with Crippen molar-refractivity contribution in [3.8, 4) is 0 Å². The van der Waals surface area contributed by atoms with E-state index >= 15 is 0 Å². The maximum absolute atomic E-state index is 12.8. The first-order valence-corrected chi connectivity index (χ1v) is 11.4. The van der Waals surface area contributed by atoms with Crippen molar-refractivity contribution in [3.05, 3.63) is 0 Å². The van der Waals surface area contributed by atoms with Crippen LogP contribution in [-0.4, -0.2) is 89.1 Å². The standard InChI is InChI=1S/C18H34N6O7S/c1-32-7-5-11(22-15(27)10(20)4-2-3-6-19)16(28)23-12(8-14(21)26)17(29)24-13(9-25)18(30)31/h10-13,25H,2-9,19-20H2,1H3,(H2,21,26)(H,22,27)(H,23,28)(H,24,29)(H,30,31). The largest absolute Gasteiger partial charge is 0.480 e. The molecule has 0 heterocycles. The third-order valence-corrected chi connectivity index (χ3v) is 5.03. The van der Waals surface area contributed by atoms with Crippen LogP contribution in [0, 0.1) is 0 Å². The number of hydrogen-bond acceptors (Lipinski definition) is 9. The Kier molecular flexibility index (Phi) is 15.0. The number of hydrogen-bond donors (Lipinski definition) is 8. The highest BCUT2D eigenvalue weighted by molar-refractivity contribution is 7.98. The zero-order chi connectivity index (χ0) is 24.7. The number of amides is 4. The number of carbonyl (C=O) groups excluding carboxylic acids is 4. The minimum Gasteiger partial charge on any atom is -0.480 e. The zero-order valence-electron chi connectivity index (χ0n) is 18.0. The van der Waals surface area contributed by atoms with Gasteiger partial charge in [0, 0.05) is 0 Å². The van der Waals surface area contributed by atoms with Gasteiger partial charge in [-0.1, -0.05) is 6.42 Å². The highest BCUT2D eigenvalue weighted by Gasteiger charge is 2.30. The summed E-state index contributed by atoms with van der Waals surface area (Å²) in [6.07, 6.45) is 3.13. The fourth-order valence-electron chi connectivity index (χ4n) is 2.56. The van der Waals surface area contributed by atoms with Crippen LogP contribution >= 0.6 is 11.8 Å². The summed E-state index contributed by atoms with van der Waals surface area (Å²) in [7, 11) is 0. The number of carbonyl (C=O) groups is 5. The summed E-state index contributed by atoms with van der Waals surface area (Å²) >= 11 is 1.43. The molecule has 14 heteroatoms. The fraction of sp³-hybridized carbons (Fsp3) is 0.722. The number of aliphatic carboxylic acids is 1. The number of aliphatic hydroxyl groups excluding tert-OH is 1. The maximum atomic E-state index is 12.8. The van der Waals surface area contributed by atoms with Crippen molar-refractivity contribution in [2.75, 3.05) is 25.2 Å². The van der Waals surface area contributed by atoms with Crippen LogP contribution < -0.4 is 33.2 Å². The van der Waals surface area contributed by atoms with E-state index in [9.17, 15) is 24.0 Å². The predicted octanol–water partition coefficient (Wildman–Crippen LogP) is -3.40. The number of primary amides is 1. The van der Waals surface area contributed by atoms with Gasteiger partial charge in [0.05, 0.1) is 19.1 Å². The van der Waals surface area contributed by atoms with Gasteiger partial charge in [-0.15, -0.1) is 0 Å². The topological polar surface area (TPSA) is 240 Å². The Hall–Kier alpha value is -2.42. The van der Waals surface area contributed by atoms with E-state index in [1.165, 1.54) is 11.8 Å². The van der Waals surface area contributed by atoms with Gasteiger partial charge < -0.3 is 43.4 Å². The Labute approximate surface area is 190 Å². The third-order valence-electron chi connectivity index (χ3n) is 4.39. The SMILES string of the molecule is CSCCC(NC(=O)C(N)CCCCN)C(=O)NC(CC(N)=O)C(=O)NC(CO)C(=O)O. The monoisotopic (exact) mass is 478 g/mol. The van der Waals surface area contributed by atoms with Gasteiger partial charge in [-0.3, -0.25) is 19.2 Å². The molecule has 0 aliphatic carbocycles. The molecule has 0 saturated heterocycles. The van der Waals surface area contributed by atoms with E-state index in [0.29, 0.717) is 31.6 Å². The molecule has 0 fully saturated rings. The molecule has 0 saturated carbocycles. The molecule has 184 valence electrons. The van der Waals surface area contributed by atoms with E-state index in [0.717, 1.165) is 0 Å². The summed E-state index contributed by atoms with van der Waals surface area (Å²) in [5.74, 6) is -4.26. The van der Waals surface area contributed by atoms with Gasteiger partial charge >= 0.3 is 5.97 Å². The van der Waals surface area contributed by atoms with Gasteiger partial charge in [-0.05, 0) is 37.8 Å². The molecule has 0 radical (unpaired) electrons. The Balaban J connectivity index is 5.30. The molecule has 0 aromatic carbocycles. The van der Waals surface area contributed by atoms with Crippen molar-refractivity contribution in [2.24, 2.45) is 17.2 Å². The second kappa shape index (κ2) is 16.2. The molecule has 4 amide bonds. The van der Waals surface area contributed by atoms with E-state index in [4.69, 9.17) is 27.4 Å². The molecule has 32 heavy (non-hydrogen) atoms. The Morgan fingerprint density at radius 2 is 1.47 bits per heavy atom. The summed E-state index contributed by atoms with van der Waals surface area (Å²) in [5.41, 5.74) is 16.4. The Bertz CT molecular complexity index is 651. The highest BCUT2D eigenvalue weighted by atomic mass is 32.2. The molecular formula is C18H34N6O7S. The summed E-state index contributed by atoms with van der Waals surface area (Å²) in [4.78, 5) is 59.9. The number of unbranched alkanes of at least 4 members (excludes halogenated alkanes) is 1. The van der Waals surface area contributed by atoms with Crippen LogP contribution in [0.2, 0.25) is 0 Å². The van der Waals surface area contributed by atoms with E-state index in [2.05, 4.69) is 10.6 Å². The number of carboxylic acids is 1. The molecule has 0 spiro atoms. The van der Waals surface area contributed by atoms with Crippen molar-refractivity contribution < 1.29 is 34.2 Å². The molecule has 0 aromatic rings. The molecule has 11 N–H and O–H groups in total. The predicted molar refractivity (Wildman–Crippen MR) is 118 cm³/mol. The maximum Gasteiger partial charge on any atom is 0.328 e. The first kappa shape index (κ1) is 29.6. The van der Waals surface area contributed by atoms with Crippen LogP contribution in [0.1, 0.15) is 32.1 Å². The third kappa shape index (κ3) is 11.8. The van der Waals surface area contributed by atoms with Crippen LogP contribution in [0.3, 0.4) is 0 Å². The summed E-state index contributed by atoms with van der Waals surface area (Å²) in [5, 5.41) is 24.9. The Morgan fingerprint density at radius 3 is 1.97 bits per heavy atom. The lowest BCUT2D eigenvalue weighted by molar-refractivity contribution is -0.143. The molecule has 13 nitrogen and oxygen atoms in total. The summed E-state index contributed by atoms with van der Waals surface area (Å²) < 4.78 is 0. The van der Waals surface area contributed by atoms with Gasteiger partial charge in [0.25, 0.3) is 0 Å². The minimum atomic E-state index is -1.63. The Morgan fingerprint density at radius 1 is 0.906 bits per heavy atom. The molecule has 0 aliphatic heterocycles. The van der Waals surface area contributed by atoms with Gasteiger partial charge in [-0.25, -0.2) is 4.79 Å². The molecule has 0 rings (SSSR count). The average molecular weight is 479 g/mol. The van der Waals surface area contributed by atoms with Gasteiger partial charge in [0.1, 0.15) is 18.1 Å². The quantitative estimate of drug-likeness (QED) is 0.0963. The summed E-state index contributed by atoms with van der Waals surface area (Å²) in [6, 6.07) is -5.03. The minimum absolute atomic E-state index is 0.216.